The van der Waals surface area contributed by atoms with Gasteiger partial charge in [0.15, 0.2) is 0 Å². The molecule has 1 aliphatic heterocycles. The van der Waals surface area contributed by atoms with E-state index in [4.69, 9.17) is 4.52 Å². The van der Waals surface area contributed by atoms with E-state index in [0.29, 0.717) is 37.6 Å². The zero-order valence-corrected chi connectivity index (χ0v) is 12.8. The van der Waals surface area contributed by atoms with E-state index < -0.39 is 0 Å². The predicted octanol–water partition coefficient (Wildman–Crippen LogP) is 1.85. The van der Waals surface area contributed by atoms with Crippen molar-refractivity contribution in [3.63, 3.8) is 0 Å². The fraction of sp³-hybridized carbons (Fsp3) is 0.643. The summed E-state index contributed by atoms with van der Waals surface area (Å²) in [5.74, 6) is 0.319. The van der Waals surface area contributed by atoms with Gasteiger partial charge in [-0.2, -0.15) is 0 Å². The number of nitrogens with one attached hydrogen (secondary N) is 1. The summed E-state index contributed by atoms with van der Waals surface area (Å²) in [6.45, 7) is 7.56. The van der Waals surface area contributed by atoms with Crippen LogP contribution in [-0.4, -0.2) is 52.6 Å². The number of nitrogens with zero attached hydrogens (tertiary/aromatic N) is 3. The summed E-state index contributed by atoms with van der Waals surface area (Å²) in [5, 5.41) is 6.37. The molecule has 1 aliphatic rings. The summed E-state index contributed by atoms with van der Waals surface area (Å²) >= 11 is 0. The topological polar surface area (TPSA) is 78.7 Å². The highest BCUT2D eigenvalue weighted by Gasteiger charge is 2.36. The van der Waals surface area contributed by atoms with Crippen LogP contribution in [0.25, 0.3) is 0 Å². The van der Waals surface area contributed by atoms with Gasteiger partial charge in [0.1, 0.15) is 6.04 Å². The number of aromatic nitrogens is 1. The summed E-state index contributed by atoms with van der Waals surface area (Å²) in [5.41, 5.74) is 0.697. The van der Waals surface area contributed by atoms with Crippen molar-refractivity contribution in [2.75, 3.05) is 25.0 Å². The van der Waals surface area contributed by atoms with Crippen LogP contribution in [-0.2, 0) is 4.79 Å². The number of hydrogen-bond donors (Lipinski definition) is 1. The molecule has 0 aliphatic carbocycles. The van der Waals surface area contributed by atoms with E-state index in [2.05, 4.69) is 10.5 Å². The number of rotatable bonds is 4. The van der Waals surface area contributed by atoms with Gasteiger partial charge >= 0.3 is 6.03 Å². The summed E-state index contributed by atoms with van der Waals surface area (Å²) in [7, 11) is 0. The molecule has 1 aromatic rings. The molecular formula is C14H22N4O3. The third kappa shape index (κ3) is 3.34. The minimum atomic E-state index is -0.381. The number of carbonyl (C=O) groups excluding carboxylic acids is 2. The lowest BCUT2D eigenvalue weighted by Crippen LogP contribution is -2.48. The minimum absolute atomic E-state index is 0.0152. The van der Waals surface area contributed by atoms with Gasteiger partial charge in [-0.3, -0.25) is 10.1 Å². The summed E-state index contributed by atoms with van der Waals surface area (Å²) in [4.78, 5) is 28.1. The first-order valence-electron chi connectivity index (χ1n) is 7.36. The Morgan fingerprint density at radius 3 is 2.76 bits per heavy atom. The van der Waals surface area contributed by atoms with Crippen LogP contribution in [0.5, 0.6) is 0 Å². The van der Waals surface area contributed by atoms with E-state index in [9.17, 15) is 9.59 Å². The van der Waals surface area contributed by atoms with Gasteiger partial charge in [-0.15, -0.1) is 0 Å². The predicted molar refractivity (Wildman–Crippen MR) is 77.9 cm³/mol. The van der Waals surface area contributed by atoms with Gasteiger partial charge < -0.3 is 14.3 Å². The molecular weight excluding hydrogens is 272 g/mol. The smallest absolute Gasteiger partial charge is 0.324 e. The van der Waals surface area contributed by atoms with Crippen molar-refractivity contribution >= 4 is 17.8 Å². The highest BCUT2D eigenvalue weighted by molar-refractivity contribution is 5.93. The van der Waals surface area contributed by atoms with E-state index in [1.54, 1.807) is 22.8 Å². The molecule has 2 rings (SSSR count). The second kappa shape index (κ2) is 6.60. The largest absolute Gasteiger partial charge is 0.341 e. The van der Waals surface area contributed by atoms with Crippen LogP contribution in [0.2, 0.25) is 0 Å². The number of likely N-dealkylation sites (N-methyl/N-ethyl adjacent to an activating group) is 1. The lowest BCUT2D eigenvalue weighted by Gasteiger charge is -2.28. The van der Waals surface area contributed by atoms with Crippen molar-refractivity contribution in [2.45, 2.75) is 39.7 Å². The first-order valence-corrected chi connectivity index (χ1v) is 7.36. The molecule has 0 spiro atoms. The van der Waals surface area contributed by atoms with Crippen LogP contribution >= 0.6 is 0 Å². The highest BCUT2D eigenvalue weighted by atomic mass is 16.5. The Hall–Kier alpha value is -2.05. The maximum atomic E-state index is 12.4. The molecule has 1 atom stereocenters. The second-order valence-corrected chi connectivity index (χ2v) is 5.12. The van der Waals surface area contributed by atoms with Crippen LogP contribution in [0.15, 0.2) is 10.6 Å². The number of hydrogen-bond acceptors (Lipinski definition) is 4. The first kappa shape index (κ1) is 15.3. The average molecular weight is 294 g/mol. The molecule has 116 valence electrons. The highest BCUT2D eigenvalue weighted by Crippen LogP contribution is 2.21. The molecule has 7 heteroatoms. The molecule has 2 heterocycles. The van der Waals surface area contributed by atoms with E-state index >= 15 is 0 Å². The van der Waals surface area contributed by atoms with Gasteiger partial charge in [0, 0.05) is 25.7 Å². The quantitative estimate of drug-likeness (QED) is 0.919. The molecule has 0 bridgehead atoms. The lowest BCUT2D eigenvalue weighted by atomic mass is 10.2. The van der Waals surface area contributed by atoms with Gasteiger partial charge in [-0.05, 0) is 33.6 Å². The zero-order chi connectivity index (χ0) is 15.4. The van der Waals surface area contributed by atoms with Crippen LogP contribution < -0.4 is 5.32 Å². The third-order valence-electron chi connectivity index (χ3n) is 3.73. The van der Waals surface area contributed by atoms with Crippen molar-refractivity contribution < 1.29 is 14.1 Å². The third-order valence-corrected chi connectivity index (χ3v) is 3.73. The second-order valence-electron chi connectivity index (χ2n) is 5.12. The number of likely N-dealkylation sites (tertiary alicyclic amines) is 1. The number of anilines is 1. The number of aryl methyl sites for hydroxylation is 1. The van der Waals surface area contributed by atoms with Crippen molar-refractivity contribution in [2.24, 2.45) is 0 Å². The van der Waals surface area contributed by atoms with Gasteiger partial charge in [-0.25, -0.2) is 4.79 Å². The molecule has 1 aromatic heterocycles. The maximum absolute atomic E-state index is 12.4. The molecule has 7 nitrogen and oxygen atoms in total. The van der Waals surface area contributed by atoms with Gasteiger partial charge in [0.05, 0.1) is 5.69 Å². The van der Waals surface area contributed by atoms with Crippen molar-refractivity contribution in [1.29, 1.82) is 0 Å². The normalized spacial score (nSPS) is 17.9. The van der Waals surface area contributed by atoms with Crippen molar-refractivity contribution in [3.05, 3.63) is 11.8 Å². The molecule has 1 saturated heterocycles. The van der Waals surface area contributed by atoms with Crippen LogP contribution in [0.4, 0.5) is 10.7 Å². The summed E-state index contributed by atoms with van der Waals surface area (Å²) < 4.78 is 4.98. The van der Waals surface area contributed by atoms with Crippen molar-refractivity contribution in [1.82, 2.24) is 15.0 Å². The van der Waals surface area contributed by atoms with Gasteiger partial charge in [-0.1, -0.05) is 5.16 Å². The van der Waals surface area contributed by atoms with E-state index in [1.807, 2.05) is 13.8 Å². The summed E-state index contributed by atoms with van der Waals surface area (Å²) in [6, 6.07) is 0.956. The Morgan fingerprint density at radius 2 is 2.19 bits per heavy atom. The van der Waals surface area contributed by atoms with Crippen LogP contribution in [0.1, 0.15) is 32.4 Å². The summed E-state index contributed by atoms with van der Waals surface area (Å²) in [6.07, 6.45) is 1.54. The molecule has 0 saturated carbocycles. The first-order chi connectivity index (χ1) is 10.1. The van der Waals surface area contributed by atoms with Crippen molar-refractivity contribution in [3.8, 4) is 0 Å². The Balaban J connectivity index is 2.03. The lowest BCUT2D eigenvalue weighted by molar-refractivity contribution is -0.134. The fourth-order valence-corrected chi connectivity index (χ4v) is 2.61. The molecule has 0 radical (unpaired) electrons. The zero-order valence-electron chi connectivity index (χ0n) is 12.8. The van der Waals surface area contributed by atoms with Crippen LogP contribution in [0.3, 0.4) is 0 Å². The molecule has 0 unspecified atom stereocenters. The molecule has 0 aromatic carbocycles. The number of carbonyl (C=O) groups is 2. The molecule has 1 fully saturated rings. The monoisotopic (exact) mass is 294 g/mol. The van der Waals surface area contributed by atoms with Crippen LogP contribution in [0, 0.1) is 6.92 Å². The molecule has 21 heavy (non-hydrogen) atoms. The average Bonchev–Trinajstić information content (AvgIpc) is 3.09. The van der Waals surface area contributed by atoms with E-state index in [0.717, 1.165) is 6.42 Å². The fourth-order valence-electron chi connectivity index (χ4n) is 2.61. The molecule has 3 amide bonds. The van der Waals surface area contributed by atoms with Gasteiger partial charge in [0.2, 0.25) is 11.8 Å². The van der Waals surface area contributed by atoms with E-state index in [1.165, 1.54) is 0 Å². The van der Waals surface area contributed by atoms with Gasteiger partial charge in [0.25, 0.3) is 0 Å². The molecule has 1 N–H and O–H groups in total. The Labute approximate surface area is 124 Å². The Morgan fingerprint density at radius 1 is 1.48 bits per heavy atom. The Bertz CT molecular complexity index is 510. The minimum Gasteiger partial charge on any atom is -0.341 e. The number of amides is 3. The SMILES string of the molecule is CCN(CC)C(=O)[C@H]1CCCN1C(=O)Nc1cc(C)no1. The maximum Gasteiger partial charge on any atom is 0.324 e. The standard InChI is InChI=1S/C14H22N4O3/c1-4-17(5-2)13(19)11-7-6-8-18(11)14(20)15-12-9-10(3)16-21-12/h9,11H,4-8H2,1-3H3,(H,15,20)/t11-/m1/s1. The Kier molecular flexibility index (Phi) is 4.82. The number of urea groups is 1. The van der Waals surface area contributed by atoms with E-state index in [-0.39, 0.29) is 18.0 Å².